The minimum atomic E-state index is -0.293. The van der Waals surface area contributed by atoms with E-state index in [0.29, 0.717) is 11.2 Å². The van der Waals surface area contributed by atoms with Gasteiger partial charge in [-0.3, -0.25) is 14.2 Å². The summed E-state index contributed by atoms with van der Waals surface area (Å²) in [6, 6.07) is 3.23. The van der Waals surface area contributed by atoms with Crippen LogP contribution in [0, 0.1) is 0 Å². The molecule has 0 bridgehead atoms. The highest BCUT2D eigenvalue weighted by molar-refractivity contribution is 5.93. The number of pyridine rings is 1. The van der Waals surface area contributed by atoms with Gasteiger partial charge in [-0.2, -0.15) is 0 Å². The monoisotopic (exact) mass is 218 g/mol. The van der Waals surface area contributed by atoms with E-state index in [0.717, 1.165) is 0 Å². The number of carbonyl (C=O) groups excluding carboxylic acids is 1. The minimum Gasteiger partial charge on any atom is -0.354 e. The lowest BCUT2D eigenvalue weighted by Crippen LogP contribution is -2.22. The number of amides is 1. The van der Waals surface area contributed by atoms with E-state index in [2.05, 4.69) is 15.3 Å². The van der Waals surface area contributed by atoms with Gasteiger partial charge in [0.15, 0.2) is 5.65 Å². The second-order valence-corrected chi connectivity index (χ2v) is 3.27. The molecule has 0 saturated carbocycles. The van der Waals surface area contributed by atoms with Crippen LogP contribution in [0.15, 0.2) is 23.1 Å². The van der Waals surface area contributed by atoms with Crippen LogP contribution in [0.5, 0.6) is 0 Å². The summed E-state index contributed by atoms with van der Waals surface area (Å²) >= 11 is 0. The molecule has 6 nitrogen and oxygen atoms in total. The molecule has 1 N–H and O–H groups in total. The Morgan fingerprint density at radius 3 is 2.88 bits per heavy atom. The Morgan fingerprint density at radius 2 is 2.19 bits per heavy atom. The molecular weight excluding hydrogens is 208 g/mol. The van der Waals surface area contributed by atoms with Crippen LogP contribution in [-0.2, 0) is 7.05 Å². The number of aromatic nitrogens is 3. The zero-order valence-electron chi connectivity index (χ0n) is 8.89. The average Bonchev–Trinajstić information content (AvgIpc) is 2.32. The molecule has 0 aliphatic heterocycles. The first-order valence-corrected chi connectivity index (χ1v) is 4.68. The van der Waals surface area contributed by atoms with Gasteiger partial charge in [-0.25, -0.2) is 9.97 Å². The number of aryl methyl sites for hydroxylation is 1. The molecule has 2 aromatic rings. The Kier molecular flexibility index (Phi) is 2.40. The van der Waals surface area contributed by atoms with Crippen molar-refractivity contribution in [1.29, 1.82) is 0 Å². The molecule has 0 saturated heterocycles. The Balaban J connectivity index is 2.74. The first-order chi connectivity index (χ1) is 7.63. The number of nitrogens with zero attached hydrogens (tertiary/aromatic N) is 3. The fraction of sp³-hybridized carbons (Fsp3) is 0.200. The highest BCUT2D eigenvalue weighted by Crippen LogP contribution is 2.06. The SMILES string of the molecule is CNC(=O)c1ccc2ncc(=O)n(C)c2n1. The summed E-state index contributed by atoms with van der Waals surface area (Å²) in [6.45, 7) is 0. The van der Waals surface area contributed by atoms with Gasteiger partial charge in [0.25, 0.3) is 11.5 Å². The van der Waals surface area contributed by atoms with Gasteiger partial charge in [0.2, 0.25) is 0 Å². The fourth-order valence-electron chi connectivity index (χ4n) is 1.36. The van der Waals surface area contributed by atoms with E-state index >= 15 is 0 Å². The van der Waals surface area contributed by atoms with Crippen LogP contribution < -0.4 is 10.9 Å². The maximum Gasteiger partial charge on any atom is 0.270 e. The normalized spacial score (nSPS) is 10.4. The molecule has 2 rings (SSSR count). The summed E-state index contributed by atoms with van der Waals surface area (Å²) in [7, 11) is 3.11. The third-order valence-electron chi connectivity index (χ3n) is 2.28. The van der Waals surface area contributed by atoms with E-state index in [4.69, 9.17) is 0 Å². The minimum absolute atomic E-state index is 0.256. The molecule has 1 amide bonds. The second-order valence-electron chi connectivity index (χ2n) is 3.27. The third kappa shape index (κ3) is 1.54. The van der Waals surface area contributed by atoms with Crippen molar-refractivity contribution in [2.45, 2.75) is 0 Å². The van der Waals surface area contributed by atoms with Crippen molar-refractivity contribution in [3.63, 3.8) is 0 Å². The van der Waals surface area contributed by atoms with Crippen molar-refractivity contribution < 1.29 is 4.79 Å². The highest BCUT2D eigenvalue weighted by atomic mass is 16.1. The molecule has 0 aromatic carbocycles. The summed E-state index contributed by atoms with van der Waals surface area (Å²) < 4.78 is 1.36. The Labute approximate surface area is 90.9 Å². The van der Waals surface area contributed by atoms with Gasteiger partial charge in [0, 0.05) is 14.1 Å². The van der Waals surface area contributed by atoms with Crippen LogP contribution in [0.3, 0.4) is 0 Å². The number of hydrogen-bond donors (Lipinski definition) is 1. The third-order valence-corrected chi connectivity index (χ3v) is 2.28. The summed E-state index contributed by atoms with van der Waals surface area (Å²) in [6.07, 6.45) is 1.23. The van der Waals surface area contributed by atoms with Gasteiger partial charge in [0.05, 0.1) is 6.20 Å². The van der Waals surface area contributed by atoms with E-state index in [1.54, 1.807) is 19.2 Å². The lowest BCUT2D eigenvalue weighted by molar-refractivity contribution is 0.0958. The molecule has 16 heavy (non-hydrogen) atoms. The molecular formula is C10H10N4O2. The topological polar surface area (TPSA) is 76.9 Å². The maximum atomic E-state index is 11.4. The number of carbonyl (C=O) groups is 1. The predicted molar refractivity (Wildman–Crippen MR) is 58.2 cm³/mol. The van der Waals surface area contributed by atoms with Gasteiger partial charge in [0.1, 0.15) is 11.2 Å². The van der Waals surface area contributed by atoms with E-state index in [-0.39, 0.29) is 17.2 Å². The predicted octanol–water partition coefficient (Wildman–Crippen LogP) is -0.312. The van der Waals surface area contributed by atoms with E-state index < -0.39 is 0 Å². The molecule has 0 unspecified atom stereocenters. The molecule has 0 aliphatic rings. The van der Waals surface area contributed by atoms with Crippen LogP contribution in [0.4, 0.5) is 0 Å². The quantitative estimate of drug-likeness (QED) is 0.712. The van der Waals surface area contributed by atoms with E-state index in [1.165, 1.54) is 17.8 Å². The molecule has 0 spiro atoms. The van der Waals surface area contributed by atoms with Crippen LogP contribution in [0.25, 0.3) is 11.2 Å². The molecule has 2 heterocycles. The molecule has 0 atom stereocenters. The van der Waals surface area contributed by atoms with Crippen molar-refractivity contribution in [2.24, 2.45) is 7.05 Å². The molecule has 6 heteroatoms. The second kappa shape index (κ2) is 3.73. The summed E-state index contributed by atoms with van der Waals surface area (Å²) in [5.74, 6) is -0.293. The number of fused-ring (bicyclic) bond motifs is 1. The highest BCUT2D eigenvalue weighted by Gasteiger charge is 2.08. The first kappa shape index (κ1) is 10.3. The van der Waals surface area contributed by atoms with Crippen LogP contribution >= 0.6 is 0 Å². The van der Waals surface area contributed by atoms with Crippen molar-refractivity contribution in [1.82, 2.24) is 19.9 Å². The van der Waals surface area contributed by atoms with Gasteiger partial charge in [-0.15, -0.1) is 0 Å². The van der Waals surface area contributed by atoms with Crippen molar-refractivity contribution >= 4 is 17.1 Å². The first-order valence-electron chi connectivity index (χ1n) is 4.68. The molecule has 0 fully saturated rings. The molecule has 0 aliphatic carbocycles. The van der Waals surface area contributed by atoms with Crippen LogP contribution in [0.2, 0.25) is 0 Å². The van der Waals surface area contributed by atoms with Crippen LogP contribution in [-0.4, -0.2) is 27.5 Å². The van der Waals surface area contributed by atoms with Crippen molar-refractivity contribution in [3.8, 4) is 0 Å². The Morgan fingerprint density at radius 1 is 1.44 bits per heavy atom. The molecule has 82 valence electrons. The smallest absolute Gasteiger partial charge is 0.270 e. The summed E-state index contributed by atoms with van der Waals surface area (Å²) in [5, 5.41) is 2.47. The van der Waals surface area contributed by atoms with Crippen LogP contribution in [0.1, 0.15) is 10.5 Å². The zero-order valence-corrected chi connectivity index (χ0v) is 8.89. The van der Waals surface area contributed by atoms with E-state index in [9.17, 15) is 9.59 Å². The summed E-state index contributed by atoms with van der Waals surface area (Å²) in [5.41, 5.74) is 0.982. The fourth-order valence-corrected chi connectivity index (χ4v) is 1.36. The summed E-state index contributed by atoms with van der Waals surface area (Å²) in [4.78, 5) is 30.8. The zero-order chi connectivity index (χ0) is 11.7. The number of rotatable bonds is 1. The Bertz CT molecular complexity index is 618. The lowest BCUT2D eigenvalue weighted by Gasteiger charge is -2.04. The number of nitrogens with one attached hydrogen (secondary N) is 1. The van der Waals surface area contributed by atoms with Gasteiger partial charge < -0.3 is 5.32 Å². The van der Waals surface area contributed by atoms with Gasteiger partial charge in [-0.1, -0.05) is 0 Å². The van der Waals surface area contributed by atoms with Gasteiger partial charge in [-0.05, 0) is 12.1 Å². The maximum absolute atomic E-state index is 11.4. The molecule has 0 radical (unpaired) electrons. The largest absolute Gasteiger partial charge is 0.354 e. The Hall–Kier alpha value is -2.24. The average molecular weight is 218 g/mol. The standard InChI is InChI=1S/C10H10N4O2/c1-11-10(16)7-4-3-6-9(13-7)14(2)8(15)5-12-6/h3-5H,1-2H3,(H,11,16). The van der Waals surface area contributed by atoms with Crippen molar-refractivity contribution in [3.05, 3.63) is 34.4 Å². The molecule has 2 aromatic heterocycles. The lowest BCUT2D eigenvalue weighted by atomic mass is 10.3. The number of hydrogen-bond acceptors (Lipinski definition) is 4. The van der Waals surface area contributed by atoms with E-state index in [1.807, 2.05) is 0 Å². The van der Waals surface area contributed by atoms with Crippen molar-refractivity contribution in [2.75, 3.05) is 7.05 Å². The van der Waals surface area contributed by atoms with Gasteiger partial charge >= 0.3 is 0 Å².